The molecule has 1 N–H and O–H groups in total. The monoisotopic (exact) mass is 248 g/mol. The lowest BCUT2D eigenvalue weighted by Crippen LogP contribution is -2.37. The first-order chi connectivity index (χ1) is 8.60. The topological polar surface area (TPSA) is 41.6 Å². The highest BCUT2D eigenvalue weighted by molar-refractivity contribution is 5.96. The average molecular weight is 248 g/mol. The Morgan fingerprint density at radius 2 is 2.00 bits per heavy atom. The van der Waals surface area contributed by atoms with Crippen LogP contribution < -0.4 is 15.0 Å². The Morgan fingerprint density at radius 3 is 2.56 bits per heavy atom. The third-order valence-electron chi connectivity index (χ3n) is 3.08. The van der Waals surface area contributed by atoms with Gasteiger partial charge in [-0.15, -0.1) is 0 Å². The Morgan fingerprint density at radius 1 is 1.33 bits per heavy atom. The molecule has 0 bridgehead atoms. The van der Waals surface area contributed by atoms with Crippen LogP contribution in [-0.2, 0) is 4.79 Å². The van der Waals surface area contributed by atoms with Crippen LogP contribution in [0.2, 0.25) is 0 Å². The number of carbonyl (C=O) groups excluding carboxylic acids is 1. The minimum atomic E-state index is 0.179. The van der Waals surface area contributed by atoms with E-state index in [1.54, 1.807) is 7.11 Å². The lowest BCUT2D eigenvalue weighted by Gasteiger charge is -2.18. The number of hydrogen-bond acceptors (Lipinski definition) is 3. The minimum Gasteiger partial charge on any atom is -0.497 e. The van der Waals surface area contributed by atoms with Gasteiger partial charge in [-0.2, -0.15) is 0 Å². The van der Waals surface area contributed by atoms with Gasteiger partial charge < -0.3 is 15.0 Å². The molecule has 1 aromatic carbocycles. The molecule has 1 aliphatic rings. The van der Waals surface area contributed by atoms with E-state index in [1.807, 2.05) is 29.2 Å². The highest BCUT2D eigenvalue weighted by atomic mass is 16.5. The highest BCUT2D eigenvalue weighted by Gasteiger charge is 2.30. The summed E-state index contributed by atoms with van der Waals surface area (Å²) in [5, 5.41) is 3.41. The number of amides is 1. The van der Waals surface area contributed by atoms with Crippen molar-refractivity contribution in [3.63, 3.8) is 0 Å². The first kappa shape index (κ1) is 12.9. The molecule has 0 radical (unpaired) electrons. The van der Waals surface area contributed by atoms with E-state index in [0.717, 1.165) is 18.0 Å². The SMILES string of the molecule is COc1ccc(N2CC(NC(C)C)CC2=O)cc1. The van der Waals surface area contributed by atoms with E-state index >= 15 is 0 Å². The number of methoxy groups -OCH3 is 1. The average Bonchev–Trinajstić information content (AvgIpc) is 2.69. The molecule has 0 aliphatic carbocycles. The number of carbonyl (C=O) groups is 1. The molecular formula is C14H20N2O2. The molecule has 1 amide bonds. The fraction of sp³-hybridized carbons (Fsp3) is 0.500. The smallest absolute Gasteiger partial charge is 0.228 e. The predicted octanol–water partition coefficient (Wildman–Crippen LogP) is 1.80. The number of benzene rings is 1. The number of ether oxygens (including phenoxy) is 1. The van der Waals surface area contributed by atoms with E-state index in [4.69, 9.17) is 4.74 Å². The molecule has 4 heteroatoms. The van der Waals surface area contributed by atoms with Gasteiger partial charge in [-0.1, -0.05) is 13.8 Å². The van der Waals surface area contributed by atoms with E-state index < -0.39 is 0 Å². The molecular weight excluding hydrogens is 228 g/mol. The van der Waals surface area contributed by atoms with Gasteiger partial charge in [-0.3, -0.25) is 4.79 Å². The summed E-state index contributed by atoms with van der Waals surface area (Å²) in [6.07, 6.45) is 0.574. The summed E-state index contributed by atoms with van der Waals surface area (Å²) in [4.78, 5) is 13.8. The first-order valence-corrected chi connectivity index (χ1v) is 6.30. The zero-order valence-corrected chi connectivity index (χ0v) is 11.1. The lowest BCUT2D eigenvalue weighted by molar-refractivity contribution is -0.117. The Bertz CT molecular complexity index is 414. The second-order valence-electron chi connectivity index (χ2n) is 4.92. The molecule has 1 aliphatic heterocycles. The summed E-state index contributed by atoms with van der Waals surface area (Å²) < 4.78 is 5.12. The molecule has 18 heavy (non-hydrogen) atoms. The van der Waals surface area contributed by atoms with Crippen LogP contribution in [0.25, 0.3) is 0 Å². The van der Waals surface area contributed by atoms with E-state index in [0.29, 0.717) is 12.5 Å². The quantitative estimate of drug-likeness (QED) is 0.883. The second kappa shape index (κ2) is 5.40. The van der Waals surface area contributed by atoms with Crippen molar-refractivity contribution < 1.29 is 9.53 Å². The number of nitrogens with zero attached hydrogens (tertiary/aromatic N) is 1. The van der Waals surface area contributed by atoms with Crippen molar-refractivity contribution in [2.75, 3.05) is 18.6 Å². The zero-order chi connectivity index (χ0) is 13.1. The van der Waals surface area contributed by atoms with Gasteiger partial charge in [-0.25, -0.2) is 0 Å². The van der Waals surface area contributed by atoms with Gasteiger partial charge in [0.2, 0.25) is 5.91 Å². The van der Waals surface area contributed by atoms with Crippen LogP contribution in [0.4, 0.5) is 5.69 Å². The Labute approximate surface area is 108 Å². The summed E-state index contributed by atoms with van der Waals surface area (Å²) in [5.41, 5.74) is 0.939. The number of hydrogen-bond donors (Lipinski definition) is 1. The highest BCUT2D eigenvalue weighted by Crippen LogP contribution is 2.24. The molecule has 2 rings (SSSR count). The zero-order valence-electron chi connectivity index (χ0n) is 11.1. The molecule has 0 aromatic heterocycles. The summed E-state index contributed by atoms with van der Waals surface area (Å²) in [5.74, 6) is 0.987. The fourth-order valence-electron chi connectivity index (χ4n) is 2.30. The molecule has 1 atom stereocenters. The van der Waals surface area contributed by atoms with Gasteiger partial charge in [0.05, 0.1) is 7.11 Å². The maximum absolute atomic E-state index is 12.0. The molecule has 1 unspecified atom stereocenters. The summed E-state index contributed by atoms with van der Waals surface area (Å²) >= 11 is 0. The molecule has 98 valence electrons. The van der Waals surface area contributed by atoms with Crippen molar-refractivity contribution in [3.8, 4) is 5.75 Å². The van der Waals surface area contributed by atoms with Crippen molar-refractivity contribution in [1.29, 1.82) is 0 Å². The normalized spacial score (nSPS) is 19.7. The Balaban J connectivity index is 2.06. The predicted molar refractivity (Wildman–Crippen MR) is 72.0 cm³/mol. The molecule has 1 fully saturated rings. The standard InChI is InChI=1S/C14H20N2O2/c1-10(2)15-11-8-14(17)16(9-11)12-4-6-13(18-3)7-5-12/h4-7,10-11,15H,8-9H2,1-3H3. The third-order valence-corrected chi connectivity index (χ3v) is 3.08. The summed E-state index contributed by atoms with van der Waals surface area (Å²) in [6, 6.07) is 8.26. The van der Waals surface area contributed by atoms with Crippen molar-refractivity contribution in [1.82, 2.24) is 5.32 Å². The molecule has 1 aromatic rings. The fourth-order valence-corrected chi connectivity index (χ4v) is 2.30. The van der Waals surface area contributed by atoms with E-state index in [2.05, 4.69) is 19.2 Å². The van der Waals surface area contributed by atoms with Crippen LogP contribution in [0.5, 0.6) is 5.75 Å². The first-order valence-electron chi connectivity index (χ1n) is 6.30. The van der Waals surface area contributed by atoms with Gasteiger partial charge in [0.25, 0.3) is 0 Å². The van der Waals surface area contributed by atoms with Gasteiger partial charge in [-0.05, 0) is 24.3 Å². The maximum Gasteiger partial charge on any atom is 0.228 e. The second-order valence-corrected chi connectivity index (χ2v) is 4.92. The number of rotatable bonds is 4. The van der Waals surface area contributed by atoms with Gasteiger partial charge in [0.15, 0.2) is 0 Å². The molecule has 4 nitrogen and oxygen atoms in total. The van der Waals surface area contributed by atoms with Crippen molar-refractivity contribution in [3.05, 3.63) is 24.3 Å². The minimum absolute atomic E-state index is 0.179. The number of nitrogens with one attached hydrogen (secondary N) is 1. The molecule has 0 spiro atoms. The Hall–Kier alpha value is -1.55. The molecule has 0 saturated carbocycles. The van der Waals surface area contributed by atoms with E-state index in [1.165, 1.54) is 0 Å². The maximum atomic E-state index is 12.0. The molecule has 1 heterocycles. The number of anilines is 1. The van der Waals surface area contributed by atoms with Crippen LogP contribution in [0.3, 0.4) is 0 Å². The summed E-state index contributed by atoms with van der Waals surface area (Å²) in [7, 11) is 1.64. The lowest BCUT2D eigenvalue weighted by atomic mass is 10.2. The van der Waals surface area contributed by atoms with Crippen molar-refractivity contribution in [2.24, 2.45) is 0 Å². The van der Waals surface area contributed by atoms with Gasteiger partial charge >= 0.3 is 0 Å². The van der Waals surface area contributed by atoms with Gasteiger partial charge in [0.1, 0.15) is 5.75 Å². The van der Waals surface area contributed by atoms with Crippen molar-refractivity contribution in [2.45, 2.75) is 32.4 Å². The summed E-state index contributed by atoms with van der Waals surface area (Å²) in [6.45, 7) is 4.93. The van der Waals surface area contributed by atoms with Crippen molar-refractivity contribution >= 4 is 11.6 Å². The van der Waals surface area contributed by atoms with E-state index in [9.17, 15) is 4.79 Å². The third kappa shape index (κ3) is 2.82. The largest absolute Gasteiger partial charge is 0.497 e. The van der Waals surface area contributed by atoms with Crippen LogP contribution in [0.1, 0.15) is 20.3 Å². The molecule has 1 saturated heterocycles. The van der Waals surface area contributed by atoms with E-state index in [-0.39, 0.29) is 11.9 Å². The van der Waals surface area contributed by atoms with Crippen LogP contribution in [0, 0.1) is 0 Å². The van der Waals surface area contributed by atoms with Crippen LogP contribution in [-0.4, -0.2) is 31.6 Å². The van der Waals surface area contributed by atoms with Crippen LogP contribution >= 0.6 is 0 Å². The van der Waals surface area contributed by atoms with Gasteiger partial charge in [0, 0.05) is 30.7 Å². The Kier molecular flexibility index (Phi) is 3.87. The van der Waals surface area contributed by atoms with Crippen LogP contribution in [0.15, 0.2) is 24.3 Å².